The van der Waals surface area contributed by atoms with Gasteiger partial charge in [0.25, 0.3) is 0 Å². The molecule has 2 heterocycles. The molecule has 6 heteroatoms. The second kappa shape index (κ2) is 7.54. The molecule has 0 aromatic carbocycles. The van der Waals surface area contributed by atoms with Crippen LogP contribution in [0.2, 0.25) is 0 Å². The number of nitrogens with zero attached hydrogens (tertiary/aromatic N) is 4. The Kier molecular flexibility index (Phi) is 5.98. The number of aliphatic hydroxyl groups is 1. The van der Waals surface area contributed by atoms with Gasteiger partial charge >= 0.3 is 0 Å². The van der Waals surface area contributed by atoms with Crippen LogP contribution in [0.1, 0.15) is 25.1 Å². The summed E-state index contributed by atoms with van der Waals surface area (Å²) in [6.45, 7) is 8.94. The fourth-order valence-electron chi connectivity index (χ4n) is 2.96. The van der Waals surface area contributed by atoms with E-state index in [9.17, 15) is 5.11 Å². The molecular formula is C15H28N4OS. The maximum atomic E-state index is 9.30. The molecule has 1 aromatic rings. The van der Waals surface area contributed by atoms with Gasteiger partial charge in [-0.05, 0) is 20.3 Å². The lowest BCUT2D eigenvalue weighted by Crippen LogP contribution is -2.55. The Morgan fingerprint density at radius 3 is 2.76 bits per heavy atom. The number of hydrogen-bond acceptors (Lipinski definition) is 6. The smallest absolute Gasteiger partial charge is 0.185 e. The predicted octanol–water partition coefficient (Wildman–Crippen LogP) is 1.49. The van der Waals surface area contributed by atoms with Gasteiger partial charge in [-0.2, -0.15) is 0 Å². The molecular weight excluding hydrogens is 284 g/mol. The average Bonchev–Trinajstić information content (AvgIpc) is 2.88. The van der Waals surface area contributed by atoms with Gasteiger partial charge in [0, 0.05) is 70.0 Å². The zero-order valence-corrected chi connectivity index (χ0v) is 14.4. The summed E-state index contributed by atoms with van der Waals surface area (Å²) in [4.78, 5) is 12.8. The monoisotopic (exact) mass is 312 g/mol. The third-order valence-electron chi connectivity index (χ3n) is 4.04. The van der Waals surface area contributed by atoms with Gasteiger partial charge in [-0.25, -0.2) is 4.98 Å². The number of anilines is 1. The van der Waals surface area contributed by atoms with E-state index < -0.39 is 0 Å². The zero-order chi connectivity index (χ0) is 15.4. The highest BCUT2D eigenvalue weighted by Crippen LogP contribution is 2.23. The van der Waals surface area contributed by atoms with Crippen molar-refractivity contribution in [3.05, 3.63) is 11.1 Å². The summed E-state index contributed by atoms with van der Waals surface area (Å²) in [6.07, 6.45) is 2.86. The van der Waals surface area contributed by atoms with Crippen LogP contribution in [0.5, 0.6) is 0 Å². The summed E-state index contributed by atoms with van der Waals surface area (Å²) < 4.78 is 0. The second-order valence-corrected chi connectivity index (χ2v) is 7.33. The van der Waals surface area contributed by atoms with Gasteiger partial charge < -0.3 is 10.0 Å². The summed E-state index contributed by atoms with van der Waals surface area (Å²) in [7, 11) is 4.06. The minimum absolute atomic E-state index is 0.271. The highest BCUT2D eigenvalue weighted by atomic mass is 32.1. The molecule has 0 amide bonds. The van der Waals surface area contributed by atoms with Gasteiger partial charge in [-0.3, -0.25) is 9.80 Å². The van der Waals surface area contributed by atoms with E-state index in [-0.39, 0.29) is 6.61 Å². The van der Waals surface area contributed by atoms with E-state index in [4.69, 9.17) is 0 Å². The summed E-state index contributed by atoms with van der Waals surface area (Å²) in [5.41, 5.74) is 0. The lowest BCUT2D eigenvalue weighted by molar-refractivity contribution is 0.0353. The molecule has 1 aliphatic rings. The molecule has 0 saturated carbocycles. The molecule has 1 N–H and O–H groups in total. The van der Waals surface area contributed by atoms with Crippen LogP contribution >= 0.6 is 11.3 Å². The zero-order valence-electron chi connectivity index (χ0n) is 13.6. The fourth-order valence-corrected chi connectivity index (χ4v) is 3.84. The molecule has 1 saturated heterocycles. The SMILES string of the molecule is CC(C)N1CCN(Cc2cnc(N(C)C)s2)C[C@H]1CCO. The van der Waals surface area contributed by atoms with Gasteiger partial charge in [-0.15, -0.1) is 11.3 Å². The highest BCUT2D eigenvalue weighted by molar-refractivity contribution is 7.15. The van der Waals surface area contributed by atoms with Gasteiger partial charge in [0.2, 0.25) is 0 Å². The van der Waals surface area contributed by atoms with Gasteiger partial charge in [0.1, 0.15) is 0 Å². The molecule has 0 radical (unpaired) electrons. The van der Waals surface area contributed by atoms with Crippen LogP contribution in [-0.4, -0.2) is 72.3 Å². The minimum atomic E-state index is 0.271. The molecule has 21 heavy (non-hydrogen) atoms. The number of piperazine rings is 1. The van der Waals surface area contributed by atoms with E-state index in [0.717, 1.165) is 37.7 Å². The Morgan fingerprint density at radius 1 is 1.43 bits per heavy atom. The van der Waals surface area contributed by atoms with Gasteiger partial charge in [0.05, 0.1) is 0 Å². The Hall–Kier alpha value is -0.690. The Bertz CT molecular complexity index is 435. The largest absolute Gasteiger partial charge is 0.396 e. The number of rotatable bonds is 6. The van der Waals surface area contributed by atoms with Crippen LogP contribution in [0, 0.1) is 0 Å². The standard InChI is InChI=1S/C15H28N4OS/c1-12(2)19-7-6-18(10-13(19)5-8-20)11-14-9-16-15(21-14)17(3)4/h9,12-13,20H,5-8,10-11H2,1-4H3/t13-/m1/s1. The molecule has 1 aliphatic heterocycles. The van der Waals surface area contributed by atoms with Crippen LogP contribution in [0.4, 0.5) is 5.13 Å². The molecule has 0 spiro atoms. The fraction of sp³-hybridized carbons (Fsp3) is 0.800. The topological polar surface area (TPSA) is 42.8 Å². The van der Waals surface area contributed by atoms with E-state index in [0.29, 0.717) is 12.1 Å². The van der Waals surface area contributed by atoms with Gasteiger partial charge in [-0.1, -0.05) is 0 Å². The number of hydrogen-bond donors (Lipinski definition) is 1. The molecule has 120 valence electrons. The summed E-state index contributed by atoms with van der Waals surface area (Å²) in [5.74, 6) is 0. The lowest BCUT2D eigenvalue weighted by atomic mass is 10.1. The third-order valence-corrected chi connectivity index (χ3v) is 5.19. The normalized spacial score (nSPS) is 21.1. The molecule has 0 unspecified atom stereocenters. The van der Waals surface area contributed by atoms with Crippen molar-refractivity contribution in [2.24, 2.45) is 0 Å². The number of aromatic nitrogens is 1. The molecule has 5 nitrogen and oxygen atoms in total. The molecule has 1 aromatic heterocycles. The van der Waals surface area contributed by atoms with Crippen LogP contribution in [-0.2, 0) is 6.54 Å². The van der Waals surface area contributed by atoms with E-state index in [1.165, 1.54) is 4.88 Å². The van der Waals surface area contributed by atoms with Crippen molar-refractivity contribution in [1.29, 1.82) is 0 Å². The quantitative estimate of drug-likeness (QED) is 0.862. The van der Waals surface area contributed by atoms with Crippen LogP contribution < -0.4 is 4.90 Å². The van der Waals surface area contributed by atoms with Crippen molar-refractivity contribution in [2.45, 2.75) is 38.9 Å². The maximum Gasteiger partial charge on any atom is 0.185 e. The molecule has 1 atom stereocenters. The van der Waals surface area contributed by atoms with Crippen molar-refractivity contribution < 1.29 is 5.11 Å². The maximum absolute atomic E-state index is 9.30. The van der Waals surface area contributed by atoms with E-state index in [1.54, 1.807) is 11.3 Å². The van der Waals surface area contributed by atoms with Crippen LogP contribution in [0.25, 0.3) is 0 Å². The average molecular weight is 312 g/mol. The first-order valence-corrected chi connectivity index (χ1v) is 8.54. The van der Waals surface area contributed by atoms with Crippen molar-refractivity contribution in [3.8, 4) is 0 Å². The molecule has 1 fully saturated rings. The predicted molar refractivity (Wildman–Crippen MR) is 89.1 cm³/mol. The molecule has 2 rings (SSSR count). The number of thiazole rings is 1. The number of aliphatic hydroxyl groups excluding tert-OH is 1. The first-order chi connectivity index (χ1) is 10.0. The van der Waals surface area contributed by atoms with Crippen molar-refractivity contribution in [3.63, 3.8) is 0 Å². The van der Waals surface area contributed by atoms with Crippen LogP contribution in [0.3, 0.4) is 0 Å². The van der Waals surface area contributed by atoms with Crippen molar-refractivity contribution in [1.82, 2.24) is 14.8 Å². The Balaban J connectivity index is 1.95. The first kappa shape index (κ1) is 16.7. The first-order valence-electron chi connectivity index (χ1n) is 7.72. The highest BCUT2D eigenvalue weighted by Gasteiger charge is 2.28. The Labute approximate surface area is 132 Å². The molecule has 0 aliphatic carbocycles. The van der Waals surface area contributed by atoms with E-state index >= 15 is 0 Å². The van der Waals surface area contributed by atoms with E-state index in [1.807, 2.05) is 20.3 Å². The van der Waals surface area contributed by atoms with E-state index in [2.05, 4.69) is 33.5 Å². The molecule has 0 bridgehead atoms. The van der Waals surface area contributed by atoms with Gasteiger partial charge in [0.15, 0.2) is 5.13 Å². The Morgan fingerprint density at radius 2 is 2.19 bits per heavy atom. The summed E-state index contributed by atoms with van der Waals surface area (Å²) in [5, 5.41) is 10.4. The third kappa shape index (κ3) is 4.39. The lowest BCUT2D eigenvalue weighted by Gasteiger charge is -2.43. The minimum Gasteiger partial charge on any atom is -0.396 e. The summed E-state index contributed by atoms with van der Waals surface area (Å²) in [6, 6.07) is 1.01. The van der Waals surface area contributed by atoms with Crippen LogP contribution in [0.15, 0.2) is 6.20 Å². The van der Waals surface area contributed by atoms with Crippen molar-refractivity contribution >= 4 is 16.5 Å². The second-order valence-electron chi connectivity index (χ2n) is 6.24. The summed E-state index contributed by atoms with van der Waals surface area (Å²) >= 11 is 1.77. The van der Waals surface area contributed by atoms with Crippen molar-refractivity contribution in [2.75, 3.05) is 45.2 Å².